The second-order valence-corrected chi connectivity index (χ2v) is 12.6. The van der Waals surface area contributed by atoms with Crippen LogP contribution in [0.25, 0.3) is 0 Å². The summed E-state index contributed by atoms with van der Waals surface area (Å²) in [6.45, 7) is 2.59. The number of carbonyl (C=O) groups excluding carboxylic acids is 2. The maximum atomic E-state index is 13.2. The number of benzene rings is 4. The molecule has 0 heterocycles. The molecule has 2 amide bonds. The lowest BCUT2D eigenvalue weighted by molar-refractivity contribution is -0.117. The van der Waals surface area contributed by atoms with E-state index in [0.717, 1.165) is 16.8 Å². The Morgan fingerprint density at radius 2 is 1.49 bits per heavy atom. The molecule has 0 saturated heterocycles. The monoisotopic (exact) mass is 645 g/mol. The van der Waals surface area contributed by atoms with Gasteiger partial charge in [-0.3, -0.25) is 9.59 Å². The maximum Gasteiger partial charge on any atom is 0.257 e. The number of halogens is 5. The van der Waals surface area contributed by atoms with Gasteiger partial charge >= 0.3 is 0 Å². The number of alkyl halides is 2. The Bertz CT molecular complexity index is 1610. The van der Waals surface area contributed by atoms with Gasteiger partial charge in [-0.15, -0.1) is 23.2 Å². The highest BCUT2D eigenvalue weighted by Gasteiger charge is 2.67. The summed E-state index contributed by atoms with van der Waals surface area (Å²) in [6, 6.07) is 25.4. The third kappa shape index (κ3) is 6.77. The van der Waals surface area contributed by atoms with E-state index in [1.165, 1.54) is 6.07 Å². The molecule has 10 heteroatoms. The predicted octanol–water partition coefficient (Wildman–Crippen LogP) is 9.35. The first-order valence-electron chi connectivity index (χ1n) is 12.7. The van der Waals surface area contributed by atoms with Gasteiger partial charge in [0.25, 0.3) is 5.91 Å². The summed E-state index contributed by atoms with van der Waals surface area (Å²) in [5, 5.41) is 10.2. The lowest BCUT2D eigenvalue weighted by Crippen LogP contribution is -2.18. The molecule has 4 aromatic rings. The van der Waals surface area contributed by atoms with Crippen LogP contribution in [0.4, 0.5) is 17.1 Å². The predicted molar refractivity (Wildman–Crippen MR) is 170 cm³/mol. The summed E-state index contributed by atoms with van der Waals surface area (Å²) < 4.78 is -1.33. The van der Waals surface area contributed by atoms with E-state index < -0.39 is 28.0 Å². The van der Waals surface area contributed by atoms with Crippen molar-refractivity contribution in [1.82, 2.24) is 0 Å². The highest BCUT2D eigenvalue weighted by Crippen LogP contribution is 2.65. The van der Waals surface area contributed by atoms with Crippen molar-refractivity contribution >= 4 is 86.9 Å². The summed E-state index contributed by atoms with van der Waals surface area (Å²) in [7, 11) is 0. The molecule has 4 aromatic carbocycles. The summed E-state index contributed by atoms with van der Waals surface area (Å²) >= 11 is 31.6. The smallest absolute Gasteiger partial charge is 0.257 e. The lowest BCUT2D eigenvalue weighted by Gasteiger charge is -2.13. The minimum absolute atomic E-state index is 0.201. The average Bonchev–Trinajstić information content (AvgIpc) is 3.52. The number of amides is 2. The molecule has 1 aliphatic carbocycles. The highest BCUT2D eigenvalue weighted by molar-refractivity contribution is 6.53. The van der Waals surface area contributed by atoms with Gasteiger partial charge in [-0.25, -0.2) is 0 Å². The SMILES string of the molecule is Cc1cc(NCc2ccccc2)ccc1NC(=O)c1cc(NC(=O)C2C(c3cc(Cl)cc(Cl)c3)C2(Cl)Cl)ccc1Cl. The third-order valence-corrected chi connectivity index (χ3v) is 8.58. The first kappa shape index (κ1) is 29.6. The van der Waals surface area contributed by atoms with Crippen molar-refractivity contribution in [1.29, 1.82) is 0 Å². The van der Waals surface area contributed by atoms with Gasteiger partial charge in [-0.1, -0.05) is 65.1 Å². The van der Waals surface area contributed by atoms with Crippen LogP contribution in [0, 0.1) is 12.8 Å². The highest BCUT2D eigenvalue weighted by atomic mass is 35.5. The van der Waals surface area contributed by atoms with E-state index in [2.05, 4.69) is 28.1 Å². The number of hydrogen-bond acceptors (Lipinski definition) is 3. The first-order valence-corrected chi connectivity index (χ1v) is 14.6. The van der Waals surface area contributed by atoms with E-state index in [9.17, 15) is 9.59 Å². The molecule has 41 heavy (non-hydrogen) atoms. The van der Waals surface area contributed by atoms with Gasteiger partial charge in [-0.05, 0) is 78.2 Å². The number of carbonyl (C=O) groups is 2. The number of hydrogen-bond donors (Lipinski definition) is 3. The van der Waals surface area contributed by atoms with Crippen LogP contribution in [0.15, 0.2) is 84.9 Å². The van der Waals surface area contributed by atoms with E-state index in [0.29, 0.717) is 33.5 Å². The van der Waals surface area contributed by atoms with Gasteiger partial charge in [-0.2, -0.15) is 0 Å². The van der Waals surface area contributed by atoms with Crippen molar-refractivity contribution in [2.45, 2.75) is 23.7 Å². The largest absolute Gasteiger partial charge is 0.381 e. The van der Waals surface area contributed by atoms with Gasteiger partial charge in [0.1, 0.15) is 4.33 Å². The second-order valence-electron chi connectivity index (χ2n) is 9.84. The molecule has 5 rings (SSSR count). The summed E-state index contributed by atoms with van der Waals surface area (Å²) in [5.74, 6) is -2.06. The van der Waals surface area contributed by atoms with Crippen LogP contribution >= 0.6 is 58.0 Å². The van der Waals surface area contributed by atoms with Crippen molar-refractivity contribution in [2.75, 3.05) is 16.0 Å². The molecule has 1 fully saturated rings. The van der Waals surface area contributed by atoms with Crippen LogP contribution in [0.3, 0.4) is 0 Å². The molecule has 210 valence electrons. The standard InChI is InChI=1S/C31H24Cl5N3O2/c1-17-11-22(37-16-18-5-3-2-4-6-18)8-10-26(17)39-29(40)24-15-23(7-9-25(24)34)38-30(41)28-27(31(28,35)36)19-12-20(32)14-21(33)13-19/h2-15,27-28,37H,16H2,1H3,(H,38,41)(H,39,40). The van der Waals surface area contributed by atoms with Gasteiger partial charge in [0.2, 0.25) is 5.91 Å². The molecule has 5 nitrogen and oxygen atoms in total. The summed E-state index contributed by atoms with van der Waals surface area (Å²) in [5.41, 5.74) is 4.85. The molecule has 2 unspecified atom stereocenters. The van der Waals surface area contributed by atoms with Crippen molar-refractivity contribution in [3.05, 3.63) is 122 Å². The molecule has 2 atom stereocenters. The fraction of sp³-hybridized carbons (Fsp3) is 0.161. The zero-order valence-electron chi connectivity index (χ0n) is 21.7. The summed E-state index contributed by atoms with van der Waals surface area (Å²) in [6.07, 6.45) is 0. The van der Waals surface area contributed by atoms with E-state index >= 15 is 0 Å². The maximum absolute atomic E-state index is 13.2. The molecular weight excluding hydrogens is 624 g/mol. The number of aryl methyl sites for hydroxylation is 1. The van der Waals surface area contributed by atoms with Crippen LogP contribution in [0.2, 0.25) is 15.1 Å². The van der Waals surface area contributed by atoms with Crippen molar-refractivity contribution in [2.24, 2.45) is 5.92 Å². The lowest BCUT2D eigenvalue weighted by atomic mass is 10.1. The molecule has 0 bridgehead atoms. The normalized spacial score (nSPS) is 17.0. The molecular formula is C31H24Cl5N3O2. The van der Waals surface area contributed by atoms with Gasteiger partial charge < -0.3 is 16.0 Å². The van der Waals surface area contributed by atoms with E-state index in [4.69, 9.17) is 58.0 Å². The van der Waals surface area contributed by atoms with E-state index in [1.807, 2.05) is 43.3 Å². The fourth-order valence-electron chi connectivity index (χ4n) is 4.72. The number of anilines is 3. The number of nitrogens with one attached hydrogen (secondary N) is 3. The minimum atomic E-state index is -1.33. The molecule has 0 radical (unpaired) electrons. The van der Waals surface area contributed by atoms with Crippen LogP contribution in [0.5, 0.6) is 0 Å². The molecule has 1 aliphatic rings. The Hall–Kier alpha value is -2.93. The van der Waals surface area contributed by atoms with E-state index in [-0.39, 0.29) is 10.6 Å². The zero-order valence-corrected chi connectivity index (χ0v) is 25.4. The Labute approximate surface area is 263 Å². The molecule has 0 aliphatic heterocycles. The first-order chi connectivity index (χ1) is 19.5. The minimum Gasteiger partial charge on any atom is -0.381 e. The Balaban J connectivity index is 1.25. The second kappa shape index (κ2) is 12.1. The topological polar surface area (TPSA) is 70.2 Å². The Morgan fingerprint density at radius 3 is 2.17 bits per heavy atom. The molecule has 3 N–H and O–H groups in total. The molecule has 0 spiro atoms. The van der Waals surface area contributed by atoms with E-state index in [1.54, 1.807) is 30.3 Å². The van der Waals surface area contributed by atoms with Crippen LogP contribution in [0.1, 0.15) is 33.0 Å². The third-order valence-electron chi connectivity index (χ3n) is 6.87. The van der Waals surface area contributed by atoms with Gasteiger partial charge in [0.05, 0.1) is 16.5 Å². The van der Waals surface area contributed by atoms with Gasteiger partial charge in [0, 0.05) is 39.6 Å². The fourth-order valence-corrected chi connectivity index (χ4v) is 6.30. The van der Waals surface area contributed by atoms with Gasteiger partial charge in [0.15, 0.2) is 0 Å². The van der Waals surface area contributed by atoms with Crippen LogP contribution in [-0.4, -0.2) is 16.1 Å². The molecule has 1 saturated carbocycles. The zero-order chi connectivity index (χ0) is 29.3. The average molecular weight is 648 g/mol. The quantitative estimate of drug-likeness (QED) is 0.167. The summed E-state index contributed by atoms with van der Waals surface area (Å²) in [4.78, 5) is 26.3. The van der Waals surface area contributed by atoms with Crippen molar-refractivity contribution < 1.29 is 9.59 Å². The Morgan fingerprint density at radius 1 is 0.805 bits per heavy atom. The van der Waals surface area contributed by atoms with Crippen molar-refractivity contribution in [3.8, 4) is 0 Å². The Kier molecular flexibility index (Phi) is 8.74. The number of rotatable bonds is 8. The molecule has 0 aromatic heterocycles. The van der Waals surface area contributed by atoms with Crippen LogP contribution < -0.4 is 16.0 Å². The van der Waals surface area contributed by atoms with Crippen molar-refractivity contribution in [3.63, 3.8) is 0 Å². The van der Waals surface area contributed by atoms with Crippen LogP contribution in [-0.2, 0) is 11.3 Å².